The van der Waals surface area contributed by atoms with Gasteiger partial charge in [-0.3, -0.25) is 9.59 Å². The first-order chi connectivity index (χ1) is 18.4. The van der Waals surface area contributed by atoms with E-state index in [0.29, 0.717) is 36.4 Å². The molecule has 0 aliphatic heterocycles. The number of alkyl carbamates (subject to hydrolysis) is 1. The fourth-order valence-corrected chi connectivity index (χ4v) is 4.12. The molecule has 39 heavy (non-hydrogen) atoms. The van der Waals surface area contributed by atoms with E-state index in [9.17, 15) is 14.4 Å². The zero-order valence-corrected chi connectivity index (χ0v) is 24.2. The Labute approximate surface area is 232 Å². The fourth-order valence-electron chi connectivity index (χ4n) is 4.12. The summed E-state index contributed by atoms with van der Waals surface area (Å²) in [6, 6.07) is 12.5. The topological polar surface area (TPSA) is 97.0 Å². The van der Waals surface area contributed by atoms with Gasteiger partial charge in [-0.1, -0.05) is 58.0 Å². The summed E-state index contributed by atoms with van der Waals surface area (Å²) in [5.41, 5.74) is 1.31. The fraction of sp³-hybridized carbons (Fsp3) is 0.452. The highest BCUT2D eigenvalue weighted by molar-refractivity contribution is 5.99. The Morgan fingerprint density at radius 2 is 1.74 bits per heavy atom. The number of rotatable bonds is 12. The Kier molecular flexibility index (Phi) is 11.6. The second-order valence-corrected chi connectivity index (χ2v) is 10.5. The van der Waals surface area contributed by atoms with E-state index in [2.05, 4.69) is 17.2 Å². The summed E-state index contributed by atoms with van der Waals surface area (Å²) < 4.78 is 10.7. The van der Waals surface area contributed by atoms with Gasteiger partial charge in [-0.25, -0.2) is 4.79 Å². The second kappa shape index (κ2) is 14.4. The molecule has 0 aromatic heterocycles. The van der Waals surface area contributed by atoms with Crippen molar-refractivity contribution in [2.24, 2.45) is 5.92 Å². The average molecular weight is 538 g/mol. The maximum absolute atomic E-state index is 14.2. The number of anilines is 1. The van der Waals surface area contributed by atoms with Crippen molar-refractivity contribution in [2.75, 3.05) is 19.0 Å². The van der Waals surface area contributed by atoms with Crippen LogP contribution in [0.2, 0.25) is 0 Å². The number of methoxy groups -OCH3 is 1. The molecule has 0 fully saturated rings. The summed E-state index contributed by atoms with van der Waals surface area (Å²) >= 11 is 0. The normalized spacial score (nSPS) is 13.4. The van der Waals surface area contributed by atoms with Crippen LogP contribution in [0.3, 0.4) is 0 Å². The zero-order valence-electron chi connectivity index (χ0n) is 24.2. The van der Waals surface area contributed by atoms with E-state index in [4.69, 9.17) is 9.47 Å². The lowest BCUT2D eigenvalue weighted by atomic mass is 9.95. The summed E-state index contributed by atoms with van der Waals surface area (Å²) in [4.78, 5) is 42.3. The minimum absolute atomic E-state index is 0.200. The van der Waals surface area contributed by atoms with Gasteiger partial charge in [0.2, 0.25) is 5.91 Å². The molecule has 0 aliphatic rings. The number of benzene rings is 2. The standard InChI is InChI=1S/C31H43N3O5/c1-9-19-34(29(36)26(21(4)10-2)33-30(37)39-31(5,6)7)27(23-14-12-13-22(11-3)20-23)28(35)32-24-15-17-25(38-8)18-16-24/h11-18,20-21,26-27H,3,9-10,19H2,1-2,4-8H3,(H,32,35)(H,33,37). The van der Waals surface area contributed by atoms with Gasteiger partial charge >= 0.3 is 6.09 Å². The Morgan fingerprint density at radius 3 is 2.28 bits per heavy atom. The SMILES string of the molecule is C=Cc1cccc(C(C(=O)Nc2ccc(OC)cc2)N(CCC)C(=O)C(NC(=O)OC(C)(C)C)C(C)CC)c1. The van der Waals surface area contributed by atoms with Crippen LogP contribution in [0.1, 0.15) is 71.6 Å². The summed E-state index contributed by atoms with van der Waals surface area (Å²) in [5.74, 6) is -0.260. The van der Waals surface area contributed by atoms with E-state index in [0.717, 1.165) is 5.56 Å². The summed E-state index contributed by atoms with van der Waals surface area (Å²) in [5, 5.41) is 5.73. The third-order valence-corrected chi connectivity index (χ3v) is 6.28. The van der Waals surface area contributed by atoms with Gasteiger partial charge in [0.15, 0.2) is 0 Å². The monoisotopic (exact) mass is 537 g/mol. The van der Waals surface area contributed by atoms with E-state index < -0.39 is 23.8 Å². The van der Waals surface area contributed by atoms with Crippen LogP contribution in [0.5, 0.6) is 5.75 Å². The molecule has 3 unspecified atom stereocenters. The number of hydrogen-bond acceptors (Lipinski definition) is 5. The molecule has 8 heteroatoms. The number of nitrogens with one attached hydrogen (secondary N) is 2. The quantitative estimate of drug-likeness (QED) is 0.336. The summed E-state index contributed by atoms with van der Waals surface area (Å²) in [6.45, 7) is 15.2. The van der Waals surface area contributed by atoms with E-state index in [1.54, 1.807) is 63.1 Å². The second-order valence-electron chi connectivity index (χ2n) is 10.5. The third-order valence-electron chi connectivity index (χ3n) is 6.28. The van der Waals surface area contributed by atoms with Crippen LogP contribution < -0.4 is 15.4 Å². The lowest BCUT2D eigenvalue weighted by molar-refractivity contribution is -0.141. The molecule has 0 saturated heterocycles. The summed E-state index contributed by atoms with van der Waals surface area (Å²) in [6.07, 6.45) is 2.27. The lowest BCUT2D eigenvalue weighted by Crippen LogP contribution is -2.54. The van der Waals surface area contributed by atoms with Crippen LogP contribution in [0, 0.1) is 5.92 Å². The van der Waals surface area contributed by atoms with Crippen molar-refractivity contribution in [1.29, 1.82) is 0 Å². The molecule has 212 valence electrons. The van der Waals surface area contributed by atoms with E-state index in [-0.39, 0.29) is 17.7 Å². The van der Waals surface area contributed by atoms with E-state index in [1.807, 2.05) is 45.0 Å². The van der Waals surface area contributed by atoms with Crippen LogP contribution in [-0.2, 0) is 14.3 Å². The average Bonchev–Trinajstić information content (AvgIpc) is 2.90. The van der Waals surface area contributed by atoms with Crippen molar-refractivity contribution in [2.45, 2.75) is 72.1 Å². The number of amides is 3. The highest BCUT2D eigenvalue weighted by Gasteiger charge is 2.38. The van der Waals surface area contributed by atoms with Crippen molar-refractivity contribution in [3.8, 4) is 5.75 Å². The van der Waals surface area contributed by atoms with E-state index in [1.165, 1.54) is 0 Å². The molecule has 2 aromatic rings. The van der Waals surface area contributed by atoms with Gasteiger partial charge in [0, 0.05) is 12.2 Å². The molecule has 0 radical (unpaired) electrons. The molecule has 0 bridgehead atoms. The van der Waals surface area contributed by atoms with Gasteiger partial charge in [-0.05, 0) is 74.6 Å². The largest absolute Gasteiger partial charge is 0.497 e. The Morgan fingerprint density at radius 1 is 1.08 bits per heavy atom. The van der Waals surface area contributed by atoms with Crippen molar-refractivity contribution < 1.29 is 23.9 Å². The predicted octanol–water partition coefficient (Wildman–Crippen LogP) is 6.20. The molecular formula is C31H43N3O5. The van der Waals surface area contributed by atoms with Crippen LogP contribution in [0.15, 0.2) is 55.1 Å². The van der Waals surface area contributed by atoms with Gasteiger partial charge in [0.1, 0.15) is 23.4 Å². The zero-order chi connectivity index (χ0) is 29.2. The molecule has 0 spiro atoms. The first kappa shape index (κ1) is 31.4. The molecule has 3 amide bonds. The maximum atomic E-state index is 14.2. The first-order valence-corrected chi connectivity index (χ1v) is 13.4. The third kappa shape index (κ3) is 9.16. The van der Waals surface area contributed by atoms with Crippen LogP contribution in [0.4, 0.5) is 10.5 Å². The van der Waals surface area contributed by atoms with Gasteiger partial charge < -0.3 is 25.0 Å². The highest BCUT2D eigenvalue weighted by atomic mass is 16.6. The number of carbonyl (C=O) groups excluding carboxylic acids is 3. The highest BCUT2D eigenvalue weighted by Crippen LogP contribution is 2.28. The maximum Gasteiger partial charge on any atom is 0.408 e. The Balaban J connectivity index is 2.53. The van der Waals surface area contributed by atoms with Crippen molar-refractivity contribution in [1.82, 2.24) is 10.2 Å². The molecule has 0 saturated carbocycles. The molecule has 8 nitrogen and oxygen atoms in total. The van der Waals surface area contributed by atoms with Gasteiger partial charge in [-0.2, -0.15) is 0 Å². The van der Waals surface area contributed by atoms with Crippen molar-refractivity contribution >= 4 is 29.7 Å². The molecule has 2 aromatic carbocycles. The van der Waals surface area contributed by atoms with Gasteiger partial charge in [-0.15, -0.1) is 0 Å². The van der Waals surface area contributed by atoms with E-state index >= 15 is 0 Å². The molecular weight excluding hydrogens is 494 g/mol. The molecule has 0 aliphatic carbocycles. The minimum Gasteiger partial charge on any atom is -0.497 e. The number of carbonyl (C=O) groups is 3. The number of ether oxygens (including phenoxy) is 2. The molecule has 2 rings (SSSR count). The van der Waals surface area contributed by atoms with Crippen molar-refractivity contribution in [3.63, 3.8) is 0 Å². The smallest absolute Gasteiger partial charge is 0.408 e. The van der Waals surface area contributed by atoms with Crippen LogP contribution in [0.25, 0.3) is 6.08 Å². The Bertz CT molecular complexity index is 1120. The van der Waals surface area contributed by atoms with Gasteiger partial charge in [0.25, 0.3) is 5.91 Å². The number of nitrogens with zero attached hydrogens (tertiary/aromatic N) is 1. The molecule has 2 N–H and O–H groups in total. The molecule has 0 heterocycles. The van der Waals surface area contributed by atoms with Crippen molar-refractivity contribution in [3.05, 3.63) is 66.2 Å². The lowest BCUT2D eigenvalue weighted by Gasteiger charge is -2.36. The predicted molar refractivity (Wildman–Crippen MR) is 156 cm³/mol. The number of hydrogen-bond donors (Lipinski definition) is 2. The first-order valence-electron chi connectivity index (χ1n) is 13.4. The van der Waals surface area contributed by atoms with Crippen LogP contribution in [-0.4, -0.2) is 48.1 Å². The minimum atomic E-state index is -0.952. The summed E-state index contributed by atoms with van der Waals surface area (Å²) in [7, 11) is 1.57. The molecule has 3 atom stereocenters. The van der Waals surface area contributed by atoms with Gasteiger partial charge in [0.05, 0.1) is 7.11 Å². The van der Waals surface area contributed by atoms with Crippen LogP contribution >= 0.6 is 0 Å². The Hall–Kier alpha value is -3.81.